The molecule has 0 heterocycles. The maximum Gasteiger partial charge on any atom is 0.269 e. The van der Waals surface area contributed by atoms with Crippen LogP contribution in [0.5, 0.6) is 0 Å². The first-order valence-corrected chi connectivity index (χ1v) is 6.36. The number of nitrogens with zero attached hydrogens (tertiary/aromatic N) is 1. The summed E-state index contributed by atoms with van der Waals surface area (Å²) >= 11 is 0. The van der Waals surface area contributed by atoms with Crippen LogP contribution in [-0.4, -0.2) is 33.7 Å². The SMILES string of the molecule is O=C(NC(CO)C(O)c1ccc([N+](=O)[O-])cc1)C1CC1. The van der Waals surface area contributed by atoms with Gasteiger partial charge in [-0.3, -0.25) is 14.9 Å². The van der Waals surface area contributed by atoms with Gasteiger partial charge in [-0.25, -0.2) is 0 Å². The number of carbonyl (C=O) groups excluding carboxylic acids is 1. The van der Waals surface area contributed by atoms with Gasteiger partial charge in [0.1, 0.15) is 6.10 Å². The third kappa shape index (κ3) is 3.31. The molecule has 7 heteroatoms. The number of aliphatic hydroxyl groups excluding tert-OH is 2. The predicted molar refractivity (Wildman–Crippen MR) is 69.8 cm³/mol. The normalized spacial score (nSPS) is 17.3. The first-order valence-electron chi connectivity index (χ1n) is 6.36. The van der Waals surface area contributed by atoms with Gasteiger partial charge in [0.25, 0.3) is 5.69 Å². The van der Waals surface area contributed by atoms with Crippen molar-refractivity contribution in [2.75, 3.05) is 6.61 Å². The van der Waals surface area contributed by atoms with Crippen LogP contribution in [0.4, 0.5) is 5.69 Å². The first-order chi connectivity index (χ1) is 9.52. The maximum absolute atomic E-state index is 11.6. The molecule has 7 nitrogen and oxygen atoms in total. The van der Waals surface area contributed by atoms with Gasteiger partial charge in [-0.15, -0.1) is 0 Å². The summed E-state index contributed by atoms with van der Waals surface area (Å²) in [6.07, 6.45) is 0.554. The Morgan fingerprint density at radius 2 is 2.00 bits per heavy atom. The number of aliphatic hydroxyl groups is 2. The summed E-state index contributed by atoms with van der Waals surface area (Å²) in [5.41, 5.74) is 0.328. The van der Waals surface area contributed by atoms with E-state index in [0.717, 1.165) is 12.8 Å². The van der Waals surface area contributed by atoms with Crippen LogP contribution in [0, 0.1) is 16.0 Å². The van der Waals surface area contributed by atoms with Crippen molar-refractivity contribution >= 4 is 11.6 Å². The summed E-state index contributed by atoms with van der Waals surface area (Å²) in [5.74, 6) is -0.196. The van der Waals surface area contributed by atoms with Crippen molar-refractivity contribution in [1.82, 2.24) is 5.32 Å². The van der Waals surface area contributed by atoms with Crippen molar-refractivity contribution in [3.8, 4) is 0 Å². The third-order valence-electron chi connectivity index (χ3n) is 3.30. The summed E-state index contributed by atoms with van der Waals surface area (Å²) < 4.78 is 0. The second-order valence-corrected chi connectivity index (χ2v) is 4.87. The lowest BCUT2D eigenvalue weighted by molar-refractivity contribution is -0.384. The van der Waals surface area contributed by atoms with E-state index in [1.165, 1.54) is 24.3 Å². The van der Waals surface area contributed by atoms with Crippen molar-refractivity contribution < 1.29 is 19.9 Å². The molecule has 1 aromatic rings. The predicted octanol–water partition coefficient (Wildman–Crippen LogP) is 0.515. The van der Waals surface area contributed by atoms with Crippen LogP contribution in [0.25, 0.3) is 0 Å². The van der Waals surface area contributed by atoms with E-state index in [1.807, 2.05) is 0 Å². The third-order valence-corrected chi connectivity index (χ3v) is 3.30. The lowest BCUT2D eigenvalue weighted by Gasteiger charge is -2.22. The Labute approximate surface area is 115 Å². The molecular weight excluding hydrogens is 264 g/mol. The zero-order chi connectivity index (χ0) is 14.7. The number of nitro benzene ring substituents is 1. The molecule has 1 amide bonds. The lowest BCUT2D eigenvalue weighted by atomic mass is 10.0. The monoisotopic (exact) mass is 280 g/mol. The Morgan fingerprint density at radius 3 is 2.45 bits per heavy atom. The van der Waals surface area contributed by atoms with Crippen molar-refractivity contribution in [2.45, 2.75) is 25.0 Å². The lowest BCUT2D eigenvalue weighted by Crippen LogP contribution is -2.42. The molecule has 1 aromatic carbocycles. The largest absolute Gasteiger partial charge is 0.394 e. The number of hydrogen-bond acceptors (Lipinski definition) is 5. The van der Waals surface area contributed by atoms with Gasteiger partial charge in [0.2, 0.25) is 5.91 Å². The fourth-order valence-electron chi connectivity index (χ4n) is 1.90. The zero-order valence-corrected chi connectivity index (χ0v) is 10.7. The Hall–Kier alpha value is -1.99. The summed E-state index contributed by atoms with van der Waals surface area (Å²) in [7, 11) is 0. The summed E-state index contributed by atoms with van der Waals surface area (Å²) in [4.78, 5) is 21.6. The number of nitrogens with one attached hydrogen (secondary N) is 1. The second kappa shape index (κ2) is 5.98. The number of benzene rings is 1. The Kier molecular flexibility index (Phi) is 4.31. The number of amides is 1. The second-order valence-electron chi connectivity index (χ2n) is 4.87. The van der Waals surface area contributed by atoms with Crippen molar-refractivity contribution in [3.63, 3.8) is 0 Å². The Balaban J connectivity index is 2.04. The van der Waals surface area contributed by atoms with Crippen molar-refractivity contribution in [3.05, 3.63) is 39.9 Å². The molecule has 1 saturated carbocycles. The molecule has 0 aromatic heterocycles. The number of carbonyl (C=O) groups is 1. The molecule has 1 fully saturated rings. The van der Waals surface area contributed by atoms with Crippen LogP contribution >= 0.6 is 0 Å². The average Bonchev–Trinajstić information content (AvgIpc) is 3.28. The highest BCUT2D eigenvalue weighted by Gasteiger charge is 2.32. The first kappa shape index (κ1) is 14.4. The molecule has 108 valence electrons. The highest BCUT2D eigenvalue weighted by Crippen LogP contribution is 2.29. The smallest absolute Gasteiger partial charge is 0.269 e. The van der Waals surface area contributed by atoms with E-state index in [1.54, 1.807) is 0 Å². The van der Waals surface area contributed by atoms with E-state index < -0.39 is 23.7 Å². The minimum absolute atomic E-state index is 0.0203. The van der Waals surface area contributed by atoms with Gasteiger partial charge in [-0.1, -0.05) is 0 Å². The summed E-state index contributed by atoms with van der Waals surface area (Å²) in [5, 5.41) is 32.5. The molecule has 0 saturated heterocycles. The van der Waals surface area contributed by atoms with Gasteiger partial charge >= 0.3 is 0 Å². The summed E-state index contributed by atoms with van der Waals surface area (Å²) in [6, 6.07) is 4.55. The van der Waals surface area contributed by atoms with Gasteiger partial charge in [0, 0.05) is 18.1 Å². The Morgan fingerprint density at radius 1 is 1.40 bits per heavy atom. The Bertz CT molecular complexity index is 498. The van der Waals surface area contributed by atoms with Gasteiger partial charge in [-0.05, 0) is 30.5 Å². The van der Waals surface area contributed by atoms with Crippen LogP contribution in [0.15, 0.2) is 24.3 Å². The number of hydrogen-bond donors (Lipinski definition) is 3. The maximum atomic E-state index is 11.6. The molecule has 0 radical (unpaired) electrons. The molecule has 3 N–H and O–H groups in total. The minimum atomic E-state index is -1.11. The quantitative estimate of drug-likeness (QED) is 0.519. The molecular formula is C13H16N2O5. The van der Waals surface area contributed by atoms with Crippen LogP contribution in [-0.2, 0) is 4.79 Å². The van der Waals surface area contributed by atoms with E-state index >= 15 is 0 Å². The number of non-ortho nitro benzene ring substituents is 1. The topological polar surface area (TPSA) is 113 Å². The van der Waals surface area contributed by atoms with E-state index in [9.17, 15) is 25.1 Å². The summed E-state index contributed by atoms with van der Waals surface area (Å²) in [6.45, 7) is -0.406. The molecule has 2 atom stereocenters. The van der Waals surface area contributed by atoms with Crippen LogP contribution in [0.1, 0.15) is 24.5 Å². The average molecular weight is 280 g/mol. The molecule has 2 rings (SSSR count). The van der Waals surface area contributed by atoms with E-state index in [4.69, 9.17) is 0 Å². The van der Waals surface area contributed by atoms with Gasteiger partial charge < -0.3 is 15.5 Å². The van der Waals surface area contributed by atoms with E-state index in [0.29, 0.717) is 5.56 Å². The zero-order valence-electron chi connectivity index (χ0n) is 10.7. The number of rotatable bonds is 6. The van der Waals surface area contributed by atoms with Crippen LogP contribution < -0.4 is 5.32 Å². The molecule has 2 unspecified atom stereocenters. The highest BCUT2D eigenvalue weighted by atomic mass is 16.6. The fourth-order valence-corrected chi connectivity index (χ4v) is 1.90. The minimum Gasteiger partial charge on any atom is -0.394 e. The molecule has 0 aliphatic heterocycles. The standard InChI is InChI=1S/C13H16N2O5/c16-7-11(14-13(18)9-1-2-9)12(17)8-3-5-10(6-4-8)15(19)20/h3-6,9,11-12,16-17H,1-2,7H2,(H,14,18). The van der Waals surface area contributed by atoms with Crippen molar-refractivity contribution in [2.24, 2.45) is 5.92 Å². The van der Waals surface area contributed by atoms with Crippen LogP contribution in [0.2, 0.25) is 0 Å². The van der Waals surface area contributed by atoms with Gasteiger partial charge in [0.05, 0.1) is 17.6 Å². The molecule has 0 spiro atoms. The highest BCUT2D eigenvalue weighted by molar-refractivity contribution is 5.81. The van der Waals surface area contributed by atoms with Crippen molar-refractivity contribution in [1.29, 1.82) is 0 Å². The van der Waals surface area contributed by atoms with E-state index in [2.05, 4.69) is 5.32 Å². The fraction of sp³-hybridized carbons (Fsp3) is 0.462. The molecule has 20 heavy (non-hydrogen) atoms. The number of nitro groups is 1. The van der Waals surface area contributed by atoms with Gasteiger partial charge in [0.15, 0.2) is 0 Å². The molecule has 1 aliphatic rings. The van der Waals surface area contributed by atoms with Crippen LogP contribution in [0.3, 0.4) is 0 Å². The van der Waals surface area contributed by atoms with E-state index in [-0.39, 0.29) is 17.5 Å². The van der Waals surface area contributed by atoms with Gasteiger partial charge in [-0.2, -0.15) is 0 Å². The molecule has 0 bridgehead atoms. The molecule has 1 aliphatic carbocycles.